The van der Waals surface area contributed by atoms with Crippen molar-refractivity contribution >= 4 is 11.6 Å². The molecule has 0 radical (unpaired) electrons. The molecule has 0 spiro atoms. The largest absolute Gasteiger partial charge is 0.491 e. The Morgan fingerprint density at radius 2 is 2.08 bits per heavy atom. The molecule has 1 nitrogen and oxygen atoms in total. The van der Waals surface area contributed by atoms with Gasteiger partial charge in [0.05, 0.1) is 11.1 Å². The summed E-state index contributed by atoms with van der Waals surface area (Å²) in [5.74, 6) is 0.0571. The second-order valence-corrected chi connectivity index (χ2v) is 3.15. The van der Waals surface area contributed by atoms with E-state index < -0.39 is 5.82 Å². The van der Waals surface area contributed by atoms with Crippen molar-refractivity contribution in [2.24, 2.45) is 0 Å². The second kappa shape index (κ2) is 3.76. The van der Waals surface area contributed by atoms with Crippen molar-refractivity contribution in [1.82, 2.24) is 0 Å². The zero-order valence-corrected chi connectivity index (χ0v) is 7.73. The third-order valence-corrected chi connectivity index (χ3v) is 1.57. The van der Waals surface area contributed by atoms with E-state index in [-0.39, 0.29) is 11.1 Å². The molecule has 0 saturated heterocycles. The van der Waals surface area contributed by atoms with Crippen molar-refractivity contribution in [3.8, 4) is 5.75 Å². The lowest BCUT2D eigenvalue weighted by molar-refractivity contribution is 0.241. The van der Waals surface area contributed by atoms with E-state index in [0.717, 1.165) is 0 Å². The maximum Gasteiger partial charge on any atom is 0.145 e. The minimum Gasteiger partial charge on any atom is -0.491 e. The molecule has 0 N–H and O–H groups in total. The van der Waals surface area contributed by atoms with Gasteiger partial charge in [-0.2, -0.15) is 0 Å². The molecule has 0 amide bonds. The van der Waals surface area contributed by atoms with Crippen molar-refractivity contribution in [3.05, 3.63) is 29.0 Å². The van der Waals surface area contributed by atoms with E-state index in [1.807, 2.05) is 13.8 Å². The Balaban J connectivity index is 2.82. The number of halogens is 2. The third-order valence-electron chi connectivity index (χ3n) is 1.26. The van der Waals surface area contributed by atoms with Gasteiger partial charge in [0.25, 0.3) is 0 Å². The normalized spacial score (nSPS) is 10.4. The van der Waals surface area contributed by atoms with Crippen LogP contribution in [0.25, 0.3) is 0 Å². The van der Waals surface area contributed by atoms with E-state index in [0.29, 0.717) is 5.75 Å². The van der Waals surface area contributed by atoms with Crippen LogP contribution in [0, 0.1) is 5.82 Å². The maximum atomic E-state index is 12.8. The summed E-state index contributed by atoms with van der Waals surface area (Å²) in [6, 6.07) is 4.41. The molecule has 0 bridgehead atoms. The fourth-order valence-corrected chi connectivity index (χ4v) is 0.940. The van der Waals surface area contributed by atoms with Gasteiger partial charge in [0, 0.05) is 6.07 Å². The van der Waals surface area contributed by atoms with Gasteiger partial charge in [0.15, 0.2) is 0 Å². The first-order chi connectivity index (χ1) is 5.59. The second-order valence-electron chi connectivity index (χ2n) is 2.74. The summed E-state index contributed by atoms with van der Waals surface area (Å²) in [6.07, 6.45) is 0.0468. The lowest BCUT2D eigenvalue weighted by Gasteiger charge is -2.09. The molecule has 1 rings (SSSR count). The van der Waals surface area contributed by atoms with Gasteiger partial charge in [-0.15, -0.1) is 0 Å². The molecule has 0 aliphatic carbocycles. The molecule has 3 heteroatoms. The molecule has 0 fully saturated rings. The van der Waals surface area contributed by atoms with Crippen LogP contribution in [-0.4, -0.2) is 6.10 Å². The van der Waals surface area contributed by atoms with Crippen molar-refractivity contribution in [2.45, 2.75) is 20.0 Å². The summed E-state index contributed by atoms with van der Waals surface area (Å²) < 4.78 is 18.1. The molecular formula is C9H10ClFO. The highest BCUT2D eigenvalue weighted by Gasteiger charge is 2.02. The summed E-state index contributed by atoms with van der Waals surface area (Å²) in [6.45, 7) is 3.76. The van der Waals surface area contributed by atoms with Gasteiger partial charge in [-0.1, -0.05) is 11.6 Å². The van der Waals surface area contributed by atoms with Gasteiger partial charge >= 0.3 is 0 Å². The minimum atomic E-state index is -0.449. The molecule has 1 aromatic rings. The van der Waals surface area contributed by atoms with Gasteiger partial charge in [0.1, 0.15) is 11.6 Å². The topological polar surface area (TPSA) is 9.23 Å². The molecule has 0 unspecified atom stereocenters. The van der Waals surface area contributed by atoms with E-state index >= 15 is 0 Å². The number of benzene rings is 1. The molecular weight excluding hydrogens is 179 g/mol. The molecule has 0 aliphatic heterocycles. The van der Waals surface area contributed by atoms with Gasteiger partial charge in [-0.3, -0.25) is 0 Å². The predicted octanol–water partition coefficient (Wildman–Crippen LogP) is 3.27. The van der Waals surface area contributed by atoms with E-state index in [9.17, 15) is 4.39 Å². The van der Waals surface area contributed by atoms with E-state index in [1.54, 1.807) is 6.07 Å². The molecule has 1 aromatic carbocycles. The van der Waals surface area contributed by atoms with E-state index in [1.165, 1.54) is 12.1 Å². The van der Waals surface area contributed by atoms with Crippen molar-refractivity contribution in [3.63, 3.8) is 0 Å². The number of rotatable bonds is 2. The number of ether oxygens (including phenoxy) is 1. The first-order valence-electron chi connectivity index (χ1n) is 3.71. The first kappa shape index (κ1) is 9.33. The van der Waals surface area contributed by atoms with Crippen LogP contribution in [-0.2, 0) is 0 Å². The summed E-state index contributed by atoms with van der Waals surface area (Å²) in [7, 11) is 0. The van der Waals surface area contributed by atoms with Crippen molar-refractivity contribution < 1.29 is 9.13 Å². The van der Waals surface area contributed by atoms with E-state index in [4.69, 9.17) is 16.3 Å². The van der Waals surface area contributed by atoms with E-state index in [2.05, 4.69) is 0 Å². The van der Waals surface area contributed by atoms with Crippen LogP contribution in [0.15, 0.2) is 18.2 Å². The molecule has 0 aromatic heterocycles. The Hall–Kier alpha value is -0.760. The Labute approximate surface area is 76.1 Å². The van der Waals surface area contributed by atoms with Crippen LogP contribution in [0.5, 0.6) is 5.75 Å². The number of hydrogen-bond acceptors (Lipinski definition) is 1. The van der Waals surface area contributed by atoms with Crippen LogP contribution >= 0.6 is 11.6 Å². The minimum absolute atomic E-state index is 0.0468. The van der Waals surface area contributed by atoms with Gasteiger partial charge in [0.2, 0.25) is 0 Å². The summed E-state index contributed by atoms with van der Waals surface area (Å²) in [5.41, 5.74) is 0. The molecule has 0 atom stereocenters. The average Bonchev–Trinajstić information content (AvgIpc) is 1.96. The molecule has 12 heavy (non-hydrogen) atoms. The highest BCUT2D eigenvalue weighted by molar-refractivity contribution is 6.30. The number of hydrogen-bond donors (Lipinski definition) is 0. The molecule has 66 valence electrons. The molecule has 0 heterocycles. The Morgan fingerprint density at radius 3 is 2.58 bits per heavy atom. The lowest BCUT2D eigenvalue weighted by atomic mass is 10.3. The van der Waals surface area contributed by atoms with Gasteiger partial charge < -0.3 is 4.74 Å². The Kier molecular flexibility index (Phi) is 2.93. The SMILES string of the molecule is CC(C)Oc1ccc(Cl)c(F)c1. The van der Waals surface area contributed by atoms with Gasteiger partial charge in [-0.05, 0) is 26.0 Å². The average molecular weight is 189 g/mol. The zero-order chi connectivity index (χ0) is 9.14. The highest BCUT2D eigenvalue weighted by atomic mass is 35.5. The molecule has 0 saturated carbocycles. The predicted molar refractivity (Wildman–Crippen MR) is 47.2 cm³/mol. The maximum absolute atomic E-state index is 12.8. The standard InChI is InChI=1S/C9H10ClFO/c1-6(2)12-7-3-4-8(10)9(11)5-7/h3-6H,1-2H3. The van der Waals surface area contributed by atoms with Crippen LogP contribution in [0.2, 0.25) is 5.02 Å². The van der Waals surface area contributed by atoms with Crippen molar-refractivity contribution in [1.29, 1.82) is 0 Å². The van der Waals surface area contributed by atoms with Gasteiger partial charge in [-0.25, -0.2) is 4.39 Å². The smallest absolute Gasteiger partial charge is 0.145 e. The fourth-order valence-electron chi connectivity index (χ4n) is 0.822. The van der Waals surface area contributed by atoms with Crippen LogP contribution in [0.1, 0.15) is 13.8 Å². The Bertz CT molecular complexity index is 273. The van der Waals surface area contributed by atoms with Crippen LogP contribution in [0.3, 0.4) is 0 Å². The summed E-state index contributed by atoms with van der Waals surface area (Å²) >= 11 is 5.49. The molecule has 0 aliphatic rings. The van der Waals surface area contributed by atoms with Crippen molar-refractivity contribution in [2.75, 3.05) is 0 Å². The lowest BCUT2D eigenvalue weighted by Crippen LogP contribution is -2.05. The van der Waals surface area contributed by atoms with Crippen LogP contribution < -0.4 is 4.74 Å². The van der Waals surface area contributed by atoms with Crippen LogP contribution in [0.4, 0.5) is 4.39 Å². The third kappa shape index (κ3) is 2.38. The first-order valence-corrected chi connectivity index (χ1v) is 4.09. The summed E-state index contributed by atoms with van der Waals surface area (Å²) in [5, 5.41) is 0.117. The summed E-state index contributed by atoms with van der Waals surface area (Å²) in [4.78, 5) is 0. The fraction of sp³-hybridized carbons (Fsp3) is 0.333. The highest BCUT2D eigenvalue weighted by Crippen LogP contribution is 2.20. The quantitative estimate of drug-likeness (QED) is 0.692. The monoisotopic (exact) mass is 188 g/mol. The Morgan fingerprint density at radius 1 is 1.42 bits per heavy atom. The zero-order valence-electron chi connectivity index (χ0n) is 6.97.